The molecule has 118 valence electrons. The summed E-state index contributed by atoms with van der Waals surface area (Å²) in [4.78, 5) is 0. The Labute approximate surface area is 133 Å². The first-order valence-electron chi connectivity index (χ1n) is 7.65. The third-order valence-electron chi connectivity index (χ3n) is 4.15. The molecule has 0 heterocycles. The predicted octanol–water partition coefficient (Wildman–Crippen LogP) is 3.99. The Morgan fingerprint density at radius 3 is 2.23 bits per heavy atom. The molecule has 0 fully saturated rings. The lowest BCUT2D eigenvalue weighted by molar-refractivity contribution is 0.353. The van der Waals surface area contributed by atoms with E-state index in [0.29, 0.717) is 12.0 Å². The fourth-order valence-corrected chi connectivity index (χ4v) is 2.48. The van der Waals surface area contributed by atoms with Gasteiger partial charge in [-0.1, -0.05) is 43.3 Å². The quantitative estimate of drug-likeness (QED) is 0.838. The standard InChI is InChI=1S/C19H25NO2/c1-14(15(2)20-13-16-8-6-5-7-9-16)17-10-11-18(21-3)19(12-17)22-4/h5-12,14-15,20H,13H2,1-4H3/t14-,15-/m1/s1. The minimum atomic E-state index is 0.360. The topological polar surface area (TPSA) is 30.5 Å². The van der Waals surface area contributed by atoms with Gasteiger partial charge in [-0.3, -0.25) is 0 Å². The summed E-state index contributed by atoms with van der Waals surface area (Å²) in [6, 6.07) is 16.9. The van der Waals surface area contributed by atoms with Crippen LogP contribution in [0, 0.1) is 0 Å². The van der Waals surface area contributed by atoms with Gasteiger partial charge >= 0.3 is 0 Å². The lowest BCUT2D eigenvalue weighted by Crippen LogP contribution is -2.30. The van der Waals surface area contributed by atoms with Crippen molar-refractivity contribution in [3.8, 4) is 11.5 Å². The summed E-state index contributed by atoms with van der Waals surface area (Å²) in [5.41, 5.74) is 2.54. The molecular weight excluding hydrogens is 274 g/mol. The van der Waals surface area contributed by atoms with E-state index in [-0.39, 0.29) is 0 Å². The molecule has 3 nitrogen and oxygen atoms in total. The van der Waals surface area contributed by atoms with Crippen LogP contribution in [-0.2, 0) is 6.54 Å². The lowest BCUT2D eigenvalue weighted by Gasteiger charge is -2.23. The Bertz CT molecular complexity index is 583. The zero-order valence-electron chi connectivity index (χ0n) is 13.8. The van der Waals surface area contributed by atoms with Gasteiger partial charge in [-0.25, -0.2) is 0 Å². The SMILES string of the molecule is COc1ccc([C@H](C)[C@@H](C)NCc2ccccc2)cc1OC. The third-order valence-corrected chi connectivity index (χ3v) is 4.15. The van der Waals surface area contributed by atoms with Crippen molar-refractivity contribution in [3.05, 3.63) is 59.7 Å². The molecule has 0 bridgehead atoms. The van der Waals surface area contributed by atoms with Gasteiger partial charge in [-0.05, 0) is 36.1 Å². The van der Waals surface area contributed by atoms with Crippen molar-refractivity contribution >= 4 is 0 Å². The molecule has 0 aliphatic rings. The van der Waals surface area contributed by atoms with Crippen LogP contribution in [0.1, 0.15) is 30.9 Å². The zero-order chi connectivity index (χ0) is 15.9. The van der Waals surface area contributed by atoms with E-state index in [0.717, 1.165) is 18.0 Å². The van der Waals surface area contributed by atoms with Gasteiger partial charge in [-0.15, -0.1) is 0 Å². The van der Waals surface area contributed by atoms with Crippen molar-refractivity contribution in [2.24, 2.45) is 0 Å². The fraction of sp³-hybridized carbons (Fsp3) is 0.368. The first-order valence-corrected chi connectivity index (χ1v) is 7.65. The largest absolute Gasteiger partial charge is 0.493 e. The summed E-state index contributed by atoms with van der Waals surface area (Å²) in [5.74, 6) is 1.92. The van der Waals surface area contributed by atoms with Gasteiger partial charge in [0.05, 0.1) is 14.2 Å². The zero-order valence-corrected chi connectivity index (χ0v) is 13.8. The van der Waals surface area contributed by atoms with Crippen LogP contribution in [0.2, 0.25) is 0 Å². The first kappa shape index (κ1) is 16.4. The average molecular weight is 299 g/mol. The Hall–Kier alpha value is -2.00. The van der Waals surface area contributed by atoms with Crippen LogP contribution < -0.4 is 14.8 Å². The van der Waals surface area contributed by atoms with Crippen LogP contribution in [0.15, 0.2) is 48.5 Å². The van der Waals surface area contributed by atoms with Crippen LogP contribution >= 0.6 is 0 Å². The van der Waals surface area contributed by atoms with E-state index in [2.05, 4.69) is 55.6 Å². The van der Waals surface area contributed by atoms with Crippen molar-refractivity contribution in [3.63, 3.8) is 0 Å². The van der Waals surface area contributed by atoms with Gasteiger partial charge in [0.2, 0.25) is 0 Å². The molecule has 22 heavy (non-hydrogen) atoms. The molecule has 0 saturated carbocycles. The maximum atomic E-state index is 5.39. The van der Waals surface area contributed by atoms with Crippen LogP contribution in [0.25, 0.3) is 0 Å². The average Bonchev–Trinajstić information content (AvgIpc) is 2.59. The van der Waals surface area contributed by atoms with E-state index in [1.807, 2.05) is 12.1 Å². The van der Waals surface area contributed by atoms with Gasteiger partial charge < -0.3 is 14.8 Å². The Balaban J connectivity index is 2.02. The van der Waals surface area contributed by atoms with Crippen LogP contribution in [0.3, 0.4) is 0 Å². The molecule has 1 N–H and O–H groups in total. The molecule has 0 unspecified atom stereocenters. The minimum absolute atomic E-state index is 0.360. The van der Waals surface area contributed by atoms with Crippen molar-refractivity contribution < 1.29 is 9.47 Å². The predicted molar refractivity (Wildman–Crippen MR) is 90.7 cm³/mol. The highest BCUT2D eigenvalue weighted by atomic mass is 16.5. The highest BCUT2D eigenvalue weighted by Gasteiger charge is 2.16. The van der Waals surface area contributed by atoms with Gasteiger partial charge in [0.15, 0.2) is 11.5 Å². The summed E-state index contributed by atoms with van der Waals surface area (Å²) < 4.78 is 10.7. The van der Waals surface area contributed by atoms with Gasteiger partial charge in [0.25, 0.3) is 0 Å². The Morgan fingerprint density at radius 2 is 1.59 bits per heavy atom. The number of methoxy groups -OCH3 is 2. The Morgan fingerprint density at radius 1 is 0.909 bits per heavy atom. The molecule has 2 aromatic rings. The maximum Gasteiger partial charge on any atom is 0.160 e. The van der Waals surface area contributed by atoms with Crippen molar-refractivity contribution in [2.45, 2.75) is 32.4 Å². The second-order valence-corrected chi connectivity index (χ2v) is 5.56. The highest BCUT2D eigenvalue weighted by Crippen LogP contribution is 2.31. The minimum Gasteiger partial charge on any atom is -0.493 e. The summed E-state index contributed by atoms with van der Waals surface area (Å²) >= 11 is 0. The summed E-state index contributed by atoms with van der Waals surface area (Å²) in [5, 5.41) is 3.59. The molecule has 0 spiro atoms. The number of ether oxygens (including phenoxy) is 2. The molecule has 0 amide bonds. The number of rotatable bonds is 7. The van der Waals surface area contributed by atoms with E-state index in [9.17, 15) is 0 Å². The molecule has 0 aromatic heterocycles. The van der Waals surface area contributed by atoms with E-state index < -0.39 is 0 Å². The Kier molecular flexibility index (Phi) is 5.84. The number of hydrogen-bond acceptors (Lipinski definition) is 3. The molecule has 2 rings (SSSR count). The highest BCUT2D eigenvalue weighted by molar-refractivity contribution is 5.44. The van der Waals surface area contributed by atoms with Crippen LogP contribution in [0.4, 0.5) is 0 Å². The molecular formula is C19H25NO2. The summed E-state index contributed by atoms with van der Waals surface area (Å²) in [7, 11) is 3.33. The number of hydrogen-bond donors (Lipinski definition) is 1. The molecule has 2 aromatic carbocycles. The smallest absolute Gasteiger partial charge is 0.160 e. The number of benzene rings is 2. The van der Waals surface area contributed by atoms with E-state index in [1.54, 1.807) is 14.2 Å². The van der Waals surface area contributed by atoms with Gasteiger partial charge in [0.1, 0.15) is 0 Å². The van der Waals surface area contributed by atoms with Gasteiger partial charge in [0, 0.05) is 12.6 Å². The van der Waals surface area contributed by atoms with E-state index >= 15 is 0 Å². The fourth-order valence-electron chi connectivity index (χ4n) is 2.48. The second-order valence-electron chi connectivity index (χ2n) is 5.56. The van der Waals surface area contributed by atoms with Crippen molar-refractivity contribution in [1.29, 1.82) is 0 Å². The maximum absolute atomic E-state index is 5.39. The van der Waals surface area contributed by atoms with Crippen molar-refractivity contribution in [2.75, 3.05) is 14.2 Å². The van der Waals surface area contributed by atoms with E-state index in [1.165, 1.54) is 11.1 Å². The molecule has 2 atom stereocenters. The molecule has 0 saturated heterocycles. The summed E-state index contributed by atoms with van der Waals surface area (Å²) in [6.45, 7) is 5.31. The molecule has 0 radical (unpaired) electrons. The third kappa shape index (κ3) is 4.01. The monoisotopic (exact) mass is 299 g/mol. The second kappa shape index (κ2) is 7.85. The van der Waals surface area contributed by atoms with Crippen molar-refractivity contribution in [1.82, 2.24) is 5.32 Å². The lowest BCUT2D eigenvalue weighted by atomic mass is 9.94. The molecule has 3 heteroatoms. The summed E-state index contributed by atoms with van der Waals surface area (Å²) in [6.07, 6.45) is 0. The first-order chi connectivity index (χ1) is 10.7. The van der Waals surface area contributed by atoms with E-state index in [4.69, 9.17) is 9.47 Å². The molecule has 0 aliphatic heterocycles. The van der Waals surface area contributed by atoms with Gasteiger partial charge in [-0.2, -0.15) is 0 Å². The van der Waals surface area contributed by atoms with Crippen LogP contribution in [0.5, 0.6) is 11.5 Å². The molecule has 0 aliphatic carbocycles. The number of nitrogens with one attached hydrogen (secondary N) is 1. The van der Waals surface area contributed by atoms with Crippen LogP contribution in [-0.4, -0.2) is 20.3 Å². The normalized spacial score (nSPS) is 13.5.